The van der Waals surface area contributed by atoms with Crippen LogP contribution in [0.4, 0.5) is 10.5 Å². The van der Waals surface area contributed by atoms with Crippen molar-refractivity contribution in [2.75, 3.05) is 5.32 Å². The Bertz CT molecular complexity index is 636. The normalized spacial score (nSPS) is 10.2. The summed E-state index contributed by atoms with van der Waals surface area (Å²) >= 11 is 17.5. The Morgan fingerprint density at radius 3 is 2.48 bits per heavy atom. The van der Waals surface area contributed by atoms with Crippen LogP contribution in [-0.2, 0) is 11.3 Å². The fourth-order valence-electron chi connectivity index (χ4n) is 1.56. The van der Waals surface area contributed by atoms with Gasteiger partial charge in [-0.05, 0) is 11.6 Å². The number of rotatable bonds is 3. The van der Waals surface area contributed by atoms with Crippen LogP contribution in [0.2, 0.25) is 15.1 Å². The van der Waals surface area contributed by atoms with Crippen LogP contribution in [0.25, 0.3) is 0 Å². The average molecular weight is 347 g/mol. The number of phenols is 1. The standard InChI is InChI=1S/C14H10Cl3NO3/c15-9-6-10(16)13(19)12(11(9)17)18-14(20)21-7-8-4-2-1-3-5-8/h1-6,19H,7H2,(H,18,20). The Morgan fingerprint density at radius 1 is 1.14 bits per heavy atom. The highest BCUT2D eigenvalue weighted by molar-refractivity contribution is 6.46. The van der Waals surface area contributed by atoms with Gasteiger partial charge in [0.25, 0.3) is 0 Å². The van der Waals surface area contributed by atoms with Gasteiger partial charge < -0.3 is 9.84 Å². The number of hydrogen-bond donors (Lipinski definition) is 2. The van der Waals surface area contributed by atoms with E-state index in [0.717, 1.165) is 5.56 Å². The minimum absolute atomic E-state index is 0.0183. The van der Waals surface area contributed by atoms with Crippen LogP contribution in [0, 0.1) is 0 Å². The maximum absolute atomic E-state index is 11.7. The Hall–Kier alpha value is -1.62. The molecule has 0 heterocycles. The molecule has 0 aromatic heterocycles. The molecule has 0 aliphatic rings. The van der Waals surface area contributed by atoms with Crippen molar-refractivity contribution in [2.24, 2.45) is 0 Å². The zero-order chi connectivity index (χ0) is 15.4. The zero-order valence-electron chi connectivity index (χ0n) is 10.6. The van der Waals surface area contributed by atoms with Crippen molar-refractivity contribution in [3.05, 3.63) is 57.0 Å². The molecular formula is C14H10Cl3NO3. The summed E-state index contributed by atoms with van der Waals surface area (Å²) in [5, 5.41) is 12.2. The molecule has 0 atom stereocenters. The predicted octanol–water partition coefficient (Wildman–Crippen LogP) is 5.10. The third-order valence-electron chi connectivity index (χ3n) is 2.59. The maximum Gasteiger partial charge on any atom is 0.412 e. The molecular weight excluding hydrogens is 337 g/mol. The molecule has 1 amide bonds. The van der Waals surface area contributed by atoms with Crippen molar-refractivity contribution in [2.45, 2.75) is 6.61 Å². The van der Waals surface area contributed by atoms with Crippen LogP contribution in [-0.4, -0.2) is 11.2 Å². The first-order valence-electron chi connectivity index (χ1n) is 5.83. The Labute approximate surface area is 136 Å². The van der Waals surface area contributed by atoms with E-state index in [1.165, 1.54) is 6.07 Å². The second-order valence-corrected chi connectivity index (χ2v) is 5.26. The summed E-state index contributed by atoms with van der Waals surface area (Å²) in [6.45, 7) is 0.0827. The molecule has 0 saturated heterocycles. The van der Waals surface area contributed by atoms with Gasteiger partial charge in [-0.1, -0.05) is 65.1 Å². The second kappa shape index (κ2) is 6.89. The van der Waals surface area contributed by atoms with Gasteiger partial charge in [0.05, 0.1) is 15.1 Å². The molecule has 7 heteroatoms. The highest BCUT2D eigenvalue weighted by Crippen LogP contribution is 2.42. The van der Waals surface area contributed by atoms with Crippen molar-refractivity contribution in [1.82, 2.24) is 0 Å². The van der Waals surface area contributed by atoms with Crippen molar-refractivity contribution in [3.63, 3.8) is 0 Å². The first kappa shape index (κ1) is 15.8. The molecule has 21 heavy (non-hydrogen) atoms. The van der Waals surface area contributed by atoms with Gasteiger partial charge in [-0.3, -0.25) is 5.32 Å². The molecule has 2 N–H and O–H groups in total. The quantitative estimate of drug-likeness (QED) is 0.600. The van der Waals surface area contributed by atoms with E-state index in [1.54, 1.807) is 0 Å². The van der Waals surface area contributed by atoms with Crippen LogP contribution < -0.4 is 5.32 Å². The molecule has 0 spiro atoms. The molecule has 0 fully saturated rings. The summed E-state index contributed by atoms with van der Waals surface area (Å²) in [4.78, 5) is 11.7. The van der Waals surface area contributed by atoms with E-state index in [0.29, 0.717) is 0 Å². The predicted molar refractivity (Wildman–Crippen MR) is 83.4 cm³/mol. The van der Waals surface area contributed by atoms with Crippen LogP contribution >= 0.6 is 34.8 Å². The molecule has 0 unspecified atom stereocenters. The van der Waals surface area contributed by atoms with Crippen molar-refractivity contribution >= 4 is 46.6 Å². The molecule has 0 radical (unpaired) electrons. The minimum atomic E-state index is -0.783. The third kappa shape index (κ3) is 3.94. The number of halogens is 3. The molecule has 2 aromatic carbocycles. The first-order chi connectivity index (χ1) is 9.99. The summed E-state index contributed by atoms with van der Waals surface area (Å²) in [6.07, 6.45) is -0.783. The summed E-state index contributed by atoms with van der Waals surface area (Å²) in [6, 6.07) is 10.4. The van der Waals surface area contributed by atoms with Gasteiger partial charge in [0.2, 0.25) is 0 Å². The Balaban J connectivity index is 2.07. The van der Waals surface area contributed by atoms with Gasteiger partial charge in [0.1, 0.15) is 12.3 Å². The molecule has 0 aliphatic carbocycles. The summed E-state index contributed by atoms with van der Waals surface area (Å²) in [7, 11) is 0. The van der Waals surface area contributed by atoms with Crippen LogP contribution in [0.1, 0.15) is 5.56 Å². The number of aromatic hydroxyl groups is 1. The van der Waals surface area contributed by atoms with Gasteiger partial charge in [-0.2, -0.15) is 0 Å². The van der Waals surface area contributed by atoms with Gasteiger partial charge in [-0.25, -0.2) is 4.79 Å². The maximum atomic E-state index is 11.7. The van der Waals surface area contributed by atoms with Gasteiger partial charge in [0.15, 0.2) is 5.75 Å². The number of benzene rings is 2. The number of phenolic OH excluding ortho intramolecular Hbond substituents is 1. The van der Waals surface area contributed by atoms with Gasteiger partial charge in [0, 0.05) is 0 Å². The Morgan fingerprint density at radius 2 is 1.81 bits per heavy atom. The molecule has 4 nitrogen and oxygen atoms in total. The molecule has 0 saturated carbocycles. The minimum Gasteiger partial charge on any atom is -0.504 e. The first-order valence-corrected chi connectivity index (χ1v) is 6.96. The zero-order valence-corrected chi connectivity index (χ0v) is 12.8. The number of carbonyl (C=O) groups excluding carboxylic acids is 1. The van der Waals surface area contributed by atoms with Gasteiger partial charge >= 0.3 is 6.09 Å². The topological polar surface area (TPSA) is 58.6 Å². The molecule has 0 bridgehead atoms. The SMILES string of the molecule is O=C(Nc1c(O)c(Cl)cc(Cl)c1Cl)OCc1ccccc1. The number of anilines is 1. The highest BCUT2D eigenvalue weighted by Gasteiger charge is 2.17. The number of ether oxygens (including phenoxy) is 1. The van der Waals surface area contributed by atoms with E-state index in [4.69, 9.17) is 39.5 Å². The van der Waals surface area contributed by atoms with E-state index in [-0.39, 0.29) is 33.1 Å². The lowest BCUT2D eigenvalue weighted by Gasteiger charge is -2.12. The second-order valence-electron chi connectivity index (χ2n) is 4.06. The molecule has 110 valence electrons. The van der Waals surface area contributed by atoms with Crippen LogP contribution in [0.3, 0.4) is 0 Å². The van der Waals surface area contributed by atoms with Gasteiger partial charge in [-0.15, -0.1) is 0 Å². The molecule has 2 aromatic rings. The van der Waals surface area contributed by atoms with E-state index in [1.807, 2.05) is 30.3 Å². The van der Waals surface area contributed by atoms with E-state index in [9.17, 15) is 9.90 Å². The van der Waals surface area contributed by atoms with E-state index >= 15 is 0 Å². The van der Waals surface area contributed by atoms with Crippen molar-refractivity contribution in [1.29, 1.82) is 0 Å². The van der Waals surface area contributed by atoms with Crippen molar-refractivity contribution in [3.8, 4) is 5.75 Å². The largest absolute Gasteiger partial charge is 0.504 e. The summed E-state index contributed by atoms with van der Waals surface area (Å²) < 4.78 is 5.02. The van der Waals surface area contributed by atoms with E-state index in [2.05, 4.69) is 5.32 Å². The average Bonchev–Trinajstić information content (AvgIpc) is 2.48. The number of nitrogens with one attached hydrogen (secondary N) is 1. The Kier molecular flexibility index (Phi) is 5.17. The number of hydrogen-bond acceptors (Lipinski definition) is 3. The lowest BCUT2D eigenvalue weighted by molar-refractivity contribution is 0.155. The number of carbonyl (C=O) groups is 1. The number of amides is 1. The van der Waals surface area contributed by atoms with E-state index < -0.39 is 6.09 Å². The van der Waals surface area contributed by atoms with Crippen LogP contribution in [0.15, 0.2) is 36.4 Å². The fraction of sp³-hybridized carbons (Fsp3) is 0.0714. The smallest absolute Gasteiger partial charge is 0.412 e. The monoisotopic (exact) mass is 345 g/mol. The lowest BCUT2D eigenvalue weighted by atomic mass is 10.2. The molecule has 0 aliphatic heterocycles. The van der Waals surface area contributed by atoms with Crippen LogP contribution in [0.5, 0.6) is 5.75 Å². The molecule has 2 rings (SSSR count). The highest BCUT2D eigenvalue weighted by atomic mass is 35.5. The summed E-state index contributed by atoms with van der Waals surface area (Å²) in [5.41, 5.74) is 0.735. The van der Waals surface area contributed by atoms with Crippen molar-refractivity contribution < 1.29 is 14.6 Å². The lowest BCUT2D eigenvalue weighted by Crippen LogP contribution is -2.14. The summed E-state index contributed by atoms with van der Waals surface area (Å²) in [5.74, 6) is -0.372. The third-order valence-corrected chi connectivity index (χ3v) is 3.66. The fourth-order valence-corrected chi connectivity index (χ4v) is 2.22.